The third kappa shape index (κ3) is 11.2. The Morgan fingerprint density at radius 2 is 1.60 bits per heavy atom. The number of nitriles is 1. The van der Waals surface area contributed by atoms with Gasteiger partial charge in [-0.15, -0.1) is 0 Å². The Morgan fingerprint density at radius 1 is 0.900 bits per heavy atom. The Bertz CT molecular complexity index is 2100. The predicted octanol–water partition coefficient (Wildman–Crippen LogP) is 9.71. The summed E-state index contributed by atoms with van der Waals surface area (Å²) < 4.78 is 0. The van der Waals surface area contributed by atoms with Crippen LogP contribution in [0, 0.1) is 11.3 Å². The van der Waals surface area contributed by atoms with E-state index in [2.05, 4.69) is 93.3 Å². The molecule has 0 saturated carbocycles. The number of amidine groups is 2. The molecule has 0 radical (unpaired) electrons. The summed E-state index contributed by atoms with van der Waals surface area (Å²) in [6, 6.07) is 36.5. The van der Waals surface area contributed by atoms with E-state index >= 15 is 0 Å². The van der Waals surface area contributed by atoms with Crippen LogP contribution in [0.2, 0.25) is 0 Å². The van der Waals surface area contributed by atoms with E-state index in [4.69, 9.17) is 9.98 Å². The first kappa shape index (κ1) is 36.7. The summed E-state index contributed by atoms with van der Waals surface area (Å²) in [6.07, 6.45) is 17.9. The number of benzene rings is 4. The fraction of sp³-hybridized carbons (Fsp3) is 0.130. The van der Waals surface area contributed by atoms with Gasteiger partial charge in [-0.2, -0.15) is 5.26 Å². The molecule has 4 aromatic carbocycles. The quantitative estimate of drug-likeness (QED) is 0.0806. The van der Waals surface area contributed by atoms with Crippen LogP contribution < -0.4 is 10.4 Å². The minimum absolute atomic E-state index is 0.0387. The van der Waals surface area contributed by atoms with Gasteiger partial charge in [-0.25, -0.2) is 9.98 Å². The number of hydrogen-bond donors (Lipinski definition) is 0. The Labute approximate surface area is 297 Å². The maximum absolute atomic E-state index is 9.99. The van der Waals surface area contributed by atoms with E-state index < -0.39 is 0 Å². The number of allylic oxidation sites excluding steroid dienone is 5. The van der Waals surface area contributed by atoms with Crippen molar-refractivity contribution in [1.82, 2.24) is 0 Å². The largest absolute Gasteiger partial charge is 0.261 e. The molecule has 0 aliphatic rings. The maximum Gasteiger partial charge on any atom is 0.161 e. The van der Waals surface area contributed by atoms with Gasteiger partial charge in [0.15, 0.2) is 11.7 Å². The molecule has 0 aliphatic heterocycles. The molecule has 1 unspecified atom stereocenters. The summed E-state index contributed by atoms with van der Waals surface area (Å²) in [7, 11) is 0. The molecule has 50 heavy (non-hydrogen) atoms. The molecule has 0 amide bonds. The highest BCUT2D eigenvalue weighted by Gasteiger charge is 2.10. The molecular formula is C46H44N4. The number of rotatable bonds is 13. The molecule has 0 spiro atoms. The highest BCUT2D eigenvalue weighted by Crippen LogP contribution is 2.22. The number of hydrogen-bond acceptors (Lipinski definition) is 2. The molecule has 0 N–H and O–H groups in total. The van der Waals surface area contributed by atoms with E-state index in [-0.39, 0.29) is 5.92 Å². The van der Waals surface area contributed by atoms with Crippen LogP contribution in [0.15, 0.2) is 173 Å². The van der Waals surface area contributed by atoms with Gasteiger partial charge in [-0.1, -0.05) is 167 Å². The second-order valence-corrected chi connectivity index (χ2v) is 11.8. The minimum atomic E-state index is 0.0387. The molecule has 0 bridgehead atoms. The van der Waals surface area contributed by atoms with Crippen LogP contribution in [0.25, 0.3) is 18.2 Å². The second kappa shape index (κ2) is 19.6. The van der Waals surface area contributed by atoms with Crippen molar-refractivity contribution in [3.8, 4) is 6.07 Å². The second-order valence-electron chi connectivity index (χ2n) is 11.8. The predicted molar refractivity (Wildman–Crippen MR) is 215 cm³/mol. The van der Waals surface area contributed by atoms with Crippen molar-refractivity contribution >= 4 is 36.6 Å². The lowest BCUT2D eigenvalue weighted by Gasteiger charge is -2.10. The number of nitrogens with zero attached hydrogens (tertiary/aromatic N) is 4. The molecule has 0 aromatic heterocycles. The van der Waals surface area contributed by atoms with E-state index in [0.717, 1.165) is 56.7 Å². The van der Waals surface area contributed by atoms with Crippen molar-refractivity contribution in [3.05, 3.63) is 196 Å². The average molecular weight is 653 g/mol. The Balaban J connectivity index is 1.76. The lowest BCUT2D eigenvalue weighted by Crippen LogP contribution is -2.24. The summed E-state index contributed by atoms with van der Waals surface area (Å²) in [5, 5.41) is 12.2. The van der Waals surface area contributed by atoms with Crippen LogP contribution in [0.3, 0.4) is 0 Å². The van der Waals surface area contributed by atoms with E-state index in [1.54, 1.807) is 6.08 Å². The van der Waals surface area contributed by atoms with Gasteiger partial charge >= 0.3 is 0 Å². The molecule has 0 heterocycles. The van der Waals surface area contributed by atoms with Crippen LogP contribution in [0.5, 0.6) is 0 Å². The van der Waals surface area contributed by atoms with Crippen molar-refractivity contribution in [3.63, 3.8) is 0 Å². The van der Waals surface area contributed by atoms with Gasteiger partial charge in [0.25, 0.3) is 0 Å². The summed E-state index contributed by atoms with van der Waals surface area (Å²) >= 11 is 0. The van der Waals surface area contributed by atoms with Crippen molar-refractivity contribution in [2.24, 2.45) is 15.0 Å². The summed E-state index contributed by atoms with van der Waals surface area (Å²) in [6.45, 7) is 16.5. The standard InChI is InChI=1S/C46H44N4/c1-6-8-18-35(3)28-42-24-16-17-25-43(42)29-36(4)44-31-38(30-39(32-44)33-47)26-27-41(21-9-7-2)46(49-34-37-19-12-10-13-20-37)50-45(48-5)40-22-14-11-15-23-40/h6,8,10-32,36H,1,3,5,7,9,34H2,2,4H3/b18-8-,27-26+,41-21+,42-28-,43-29-,49-46?,50-45?. The first-order valence-corrected chi connectivity index (χ1v) is 16.8. The van der Waals surface area contributed by atoms with Crippen LogP contribution in [0.1, 0.15) is 60.4 Å². The topological polar surface area (TPSA) is 60.9 Å². The van der Waals surface area contributed by atoms with Gasteiger partial charge in [0.1, 0.15) is 0 Å². The first-order valence-electron chi connectivity index (χ1n) is 16.8. The Morgan fingerprint density at radius 3 is 2.28 bits per heavy atom. The van der Waals surface area contributed by atoms with Gasteiger partial charge in [0.05, 0.1) is 18.2 Å². The summed E-state index contributed by atoms with van der Waals surface area (Å²) in [5.74, 6) is 1.11. The van der Waals surface area contributed by atoms with Crippen LogP contribution in [0.4, 0.5) is 0 Å². The minimum Gasteiger partial charge on any atom is -0.261 e. The van der Waals surface area contributed by atoms with Gasteiger partial charge in [0.2, 0.25) is 0 Å². The highest BCUT2D eigenvalue weighted by atomic mass is 15.0. The molecule has 4 heteroatoms. The van der Waals surface area contributed by atoms with Gasteiger partial charge in [-0.05, 0) is 70.0 Å². The van der Waals surface area contributed by atoms with Gasteiger partial charge in [-0.3, -0.25) is 4.99 Å². The Kier molecular flexibility index (Phi) is 14.4. The fourth-order valence-corrected chi connectivity index (χ4v) is 5.24. The fourth-order valence-electron chi connectivity index (χ4n) is 5.24. The average Bonchev–Trinajstić information content (AvgIpc) is 3.15. The third-order valence-electron chi connectivity index (χ3n) is 7.86. The SMILES string of the molecule is C=C/C=C\C(=C)/C=c1/cccc/c1=C/C(C)c1cc(C#N)cc(/C=C/C(=C\CCC)C(=NCc2ccccc2)N=C(N=C)c2ccccc2)c1. The van der Waals surface area contributed by atoms with Crippen LogP contribution in [-0.2, 0) is 6.54 Å². The lowest BCUT2D eigenvalue weighted by atomic mass is 9.94. The van der Waals surface area contributed by atoms with E-state index in [1.165, 1.54) is 0 Å². The molecule has 4 nitrogen and oxygen atoms in total. The molecule has 1 atom stereocenters. The van der Waals surface area contributed by atoms with Crippen molar-refractivity contribution in [1.29, 1.82) is 5.26 Å². The maximum atomic E-state index is 9.99. The summed E-state index contributed by atoms with van der Waals surface area (Å²) in [4.78, 5) is 14.2. The van der Waals surface area contributed by atoms with E-state index in [1.807, 2.05) is 97.1 Å². The van der Waals surface area contributed by atoms with Crippen molar-refractivity contribution < 1.29 is 0 Å². The summed E-state index contributed by atoms with van der Waals surface area (Å²) in [5.41, 5.74) is 6.27. The molecule has 0 aliphatic carbocycles. The zero-order valence-corrected chi connectivity index (χ0v) is 29.0. The molecule has 4 rings (SSSR count). The monoisotopic (exact) mass is 652 g/mol. The lowest BCUT2D eigenvalue weighted by molar-refractivity contribution is 0.955. The van der Waals surface area contributed by atoms with Crippen LogP contribution >= 0.6 is 0 Å². The molecule has 0 saturated heterocycles. The number of unbranched alkanes of at least 4 members (excludes halogenated alkanes) is 1. The molecule has 248 valence electrons. The normalized spacial score (nSPS) is 13.8. The zero-order chi connectivity index (χ0) is 35.6. The Hall–Kier alpha value is -6.18. The third-order valence-corrected chi connectivity index (χ3v) is 7.86. The zero-order valence-electron chi connectivity index (χ0n) is 29.0. The van der Waals surface area contributed by atoms with Gasteiger partial charge < -0.3 is 0 Å². The molecular weight excluding hydrogens is 609 g/mol. The van der Waals surface area contributed by atoms with Gasteiger partial charge in [0, 0.05) is 11.1 Å². The van der Waals surface area contributed by atoms with Crippen molar-refractivity contribution in [2.75, 3.05) is 0 Å². The van der Waals surface area contributed by atoms with E-state index in [9.17, 15) is 5.26 Å². The first-order chi connectivity index (χ1) is 24.4. The highest BCUT2D eigenvalue weighted by molar-refractivity contribution is 6.13. The smallest absolute Gasteiger partial charge is 0.161 e. The van der Waals surface area contributed by atoms with Crippen molar-refractivity contribution in [2.45, 2.75) is 39.2 Å². The van der Waals surface area contributed by atoms with E-state index in [0.29, 0.717) is 23.8 Å². The number of aliphatic imine (C=N–C) groups is 3. The molecule has 0 fully saturated rings. The van der Waals surface area contributed by atoms with Crippen LogP contribution in [-0.4, -0.2) is 18.4 Å². The molecule has 4 aromatic rings.